The fraction of sp³-hybridized carbons (Fsp3) is 0.600. The maximum absolute atomic E-state index is 11.5. The SMILES string of the molecule is N.O=C([O-])C[N+]1(CC(=O)O)CC(=O)OCCOC(=O)C1.[H-].[H-].[K+].[K+]. The van der Waals surface area contributed by atoms with Gasteiger partial charge in [0.1, 0.15) is 19.8 Å². The van der Waals surface area contributed by atoms with Gasteiger partial charge in [-0.05, 0) is 0 Å². The Bertz CT molecular complexity index is 390. The number of rotatable bonds is 4. The molecule has 0 aromatic heterocycles. The summed E-state index contributed by atoms with van der Waals surface area (Å²) in [4.78, 5) is 44.5. The number of nitrogens with zero attached hydrogens (tertiary/aromatic N) is 1. The summed E-state index contributed by atoms with van der Waals surface area (Å²) in [5, 5.41) is 19.5. The van der Waals surface area contributed by atoms with Crippen molar-refractivity contribution >= 4 is 23.9 Å². The molecule has 1 aliphatic heterocycles. The van der Waals surface area contributed by atoms with Gasteiger partial charge in [-0.1, -0.05) is 0 Å². The van der Waals surface area contributed by atoms with Crippen molar-refractivity contribution in [3.8, 4) is 0 Å². The molecule has 12 heteroatoms. The topological polar surface area (TPSA) is 165 Å². The van der Waals surface area contributed by atoms with Crippen LogP contribution in [0.25, 0.3) is 0 Å². The van der Waals surface area contributed by atoms with Gasteiger partial charge in [0, 0.05) is 0 Å². The van der Waals surface area contributed by atoms with Crippen molar-refractivity contribution < 1.29 is 149 Å². The van der Waals surface area contributed by atoms with Crippen LogP contribution in [-0.4, -0.2) is 72.9 Å². The quantitative estimate of drug-likeness (QED) is 0.277. The zero-order chi connectivity index (χ0) is 14.5. The third-order valence-corrected chi connectivity index (χ3v) is 2.47. The molecule has 1 fully saturated rings. The third kappa shape index (κ3) is 10.8. The van der Waals surface area contributed by atoms with Crippen LogP contribution in [-0.2, 0) is 28.7 Å². The second-order valence-corrected chi connectivity index (χ2v) is 4.18. The molecule has 0 aromatic carbocycles. The summed E-state index contributed by atoms with van der Waals surface area (Å²) in [6.07, 6.45) is 0. The molecule has 10 nitrogen and oxygen atoms in total. The van der Waals surface area contributed by atoms with Crippen LogP contribution in [0.5, 0.6) is 0 Å². The van der Waals surface area contributed by atoms with E-state index in [1.807, 2.05) is 0 Å². The number of cyclic esters (lactones) is 2. The molecule has 1 aliphatic rings. The van der Waals surface area contributed by atoms with E-state index >= 15 is 0 Å². The molecule has 1 heterocycles. The molecule has 1 rings (SSSR count). The van der Waals surface area contributed by atoms with Gasteiger partial charge in [-0.2, -0.15) is 0 Å². The van der Waals surface area contributed by atoms with Crippen LogP contribution in [0.15, 0.2) is 0 Å². The number of ether oxygens (including phenoxy) is 2. The first-order chi connectivity index (χ1) is 8.83. The van der Waals surface area contributed by atoms with Crippen molar-refractivity contribution in [3.05, 3.63) is 0 Å². The summed E-state index contributed by atoms with van der Waals surface area (Å²) in [6.45, 7) is -2.91. The van der Waals surface area contributed by atoms with Crippen molar-refractivity contribution in [2.24, 2.45) is 0 Å². The molecule has 0 bridgehead atoms. The molecular formula is C10H18K2N2O8. The van der Waals surface area contributed by atoms with Crippen LogP contribution >= 0.6 is 0 Å². The number of aliphatic carboxylic acids is 2. The molecule has 4 N–H and O–H groups in total. The van der Waals surface area contributed by atoms with Gasteiger partial charge in [-0.15, -0.1) is 0 Å². The zero-order valence-corrected chi connectivity index (χ0v) is 18.9. The number of carbonyl (C=O) groups excluding carboxylic acids is 3. The zero-order valence-electron chi connectivity index (χ0n) is 14.7. The molecule has 0 radical (unpaired) electrons. The predicted molar refractivity (Wildman–Crippen MR) is 61.5 cm³/mol. The number of carbonyl (C=O) groups is 4. The van der Waals surface area contributed by atoms with E-state index in [9.17, 15) is 24.3 Å². The number of hydrogen-bond donors (Lipinski definition) is 2. The first-order valence-electron chi connectivity index (χ1n) is 5.41. The second kappa shape index (κ2) is 13.4. The Labute approximate surface area is 214 Å². The molecular weight excluding hydrogens is 354 g/mol. The van der Waals surface area contributed by atoms with Gasteiger partial charge in [-0.3, -0.25) is 4.48 Å². The standard InChI is InChI=1S/C10H13NO8.2K.H3N.2H/c12-7(13)3-11(4-8(14)15)5-9(16)18-1-2-19-10(17)6-11;;;;;/h1-6H2,(H-,12,13,14,15);;;1H3;;/q;2*+1;;2*-1. The van der Waals surface area contributed by atoms with E-state index in [1.165, 1.54) is 0 Å². The average molecular weight is 372 g/mol. The fourth-order valence-electron chi connectivity index (χ4n) is 1.85. The van der Waals surface area contributed by atoms with Gasteiger partial charge in [0.05, 0.1) is 5.97 Å². The Hall–Kier alpha value is 1.07. The largest absolute Gasteiger partial charge is 1.00 e. The van der Waals surface area contributed by atoms with Crippen molar-refractivity contribution in [1.29, 1.82) is 0 Å². The van der Waals surface area contributed by atoms with Crippen LogP contribution < -0.4 is 114 Å². The number of hydrogen-bond acceptors (Lipinski definition) is 8. The molecule has 118 valence electrons. The van der Waals surface area contributed by atoms with Gasteiger partial charge in [-0.25, -0.2) is 14.4 Å². The summed E-state index contributed by atoms with van der Waals surface area (Å²) in [5.74, 6) is -4.50. The van der Waals surface area contributed by atoms with Crippen molar-refractivity contribution in [2.75, 3.05) is 39.4 Å². The van der Waals surface area contributed by atoms with Crippen LogP contribution in [0.3, 0.4) is 0 Å². The van der Waals surface area contributed by atoms with E-state index < -0.39 is 54.5 Å². The van der Waals surface area contributed by atoms with Gasteiger partial charge < -0.3 is 33.5 Å². The van der Waals surface area contributed by atoms with E-state index in [1.54, 1.807) is 0 Å². The molecule has 0 aliphatic carbocycles. The third-order valence-electron chi connectivity index (χ3n) is 2.47. The van der Waals surface area contributed by atoms with E-state index in [0.717, 1.165) is 0 Å². The van der Waals surface area contributed by atoms with Crippen LogP contribution in [0, 0.1) is 0 Å². The minimum Gasteiger partial charge on any atom is -1.00 e. The van der Waals surface area contributed by atoms with Gasteiger partial charge in [0.2, 0.25) is 0 Å². The smallest absolute Gasteiger partial charge is 1.00 e. The van der Waals surface area contributed by atoms with Crippen molar-refractivity contribution in [2.45, 2.75) is 0 Å². The maximum atomic E-state index is 11.5. The number of carboxylic acids is 2. The molecule has 1 saturated heterocycles. The van der Waals surface area contributed by atoms with E-state index in [-0.39, 0.29) is 125 Å². The Morgan fingerprint density at radius 1 is 1.09 bits per heavy atom. The molecule has 0 unspecified atom stereocenters. The van der Waals surface area contributed by atoms with Crippen molar-refractivity contribution in [3.63, 3.8) is 0 Å². The Kier molecular flexibility index (Phi) is 17.0. The van der Waals surface area contributed by atoms with E-state index in [0.29, 0.717) is 0 Å². The second-order valence-electron chi connectivity index (χ2n) is 4.18. The number of carboxylic acid groups (broad SMARTS) is 2. The Balaban J connectivity index is -0.000000241. The summed E-state index contributed by atoms with van der Waals surface area (Å²) in [6, 6.07) is 0. The van der Waals surface area contributed by atoms with Gasteiger partial charge in [0.25, 0.3) is 0 Å². The minimum absolute atomic E-state index is 0. The molecule has 0 aromatic rings. The molecule has 0 spiro atoms. The molecule has 22 heavy (non-hydrogen) atoms. The monoisotopic (exact) mass is 372 g/mol. The summed E-state index contributed by atoms with van der Waals surface area (Å²) in [5.41, 5.74) is 0. The number of esters is 2. The van der Waals surface area contributed by atoms with Crippen molar-refractivity contribution in [1.82, 2.24) is 6.15 Å². The Morgan fingerprint density at radius 3 is 1.82 bits per heavy atom. The fourth-order valence-corrected chi connectivity index (χ4v) is 1.85. The summed E-state index contributed by atoms with van der Waals surface area (Å²) < 4.78 is 8.56. The van der Waals surface area contributed by atoms with Gasteiger partial charge in [0.15, 0.2) is 19.6 Å². The summed E-state index contributed by atoms with van der Waals surface area (Å²) >= 11 is 0. The predicted octanol–water partition coefficient (Wildman–Crippen LogP) is -8.87. The average Bonchev–Trinajstić information content (AvgIpc) is 2.26. The van der Waals surface area contributed by atoms with E-state index in [4.69, 9.17) is 14.6 Å². The van der Waals surface area contributed by atoms with Gasteiger partial charge >= 0.3 is 121 Å². The number of quaternary nitrogens is 1. The van der Waals surface area contributed by atoms with E-state index in [2.05, 4.69) is 0 Å². The van der Waals surface area contributed by atoms with Crippen LogP contribution in [0.4, 0.5) is 0 Å². The minimum atomic E-state index is -1.57. The molecule has 0 atom stereocenters. The molecule has 0 amide bonds. The summed E-state index contributed by atoms with van der Waals surface area (Å²) in [7, 11) is 0. The first-order valence-corrected chi connectivity index (χ1v) is 5.41. The first kappa shape index (κ1) is 27.9. The molecule has 0 saturated carbocycles. The normalized spacial score (nSPS) is 16.7. The Morgan fingerprint density at radius 2 is 1.50 bits per heavy atom. The maximum Gasteiger partial charge on any atom is 1.00 e. The van der Waals surface area contributed by atoms with Crippen LogP contribution in [0.1, 0.15) is 2.85 Å². The van der Waals surface area contributed by atoms with Crippen LogP contribution in [0.2, 0.25) is 0 Å².